The van der Waals surface area contributed by atoms with Crippen molar-refractivity contribution in [1.29, 1.82) is 0 Å². The SMILES string of the molecule is CCN1C(=O)CC(NCC(C)C2CC2)C1=O. The lowest BCUT2D eigenvalue weighted by Gasteiger charge is -2.16. The average molecular weight is 224 g/mol. The molecule has 1 aliphatic heterocycles. The Kier molecular flexibility index (Phi) is 3.28. The summed E-state index contributed by atoms with van der Waals surface area (Å²) in [7, 11) is 0. The number of carbonyl (C=O) groups excluding carboxylic acids is 2. The summed E-state index contributed by atoms with van der Waals surface area (Å²) in [4.78, 5) is 24.6. The Labute approximate surface area is 96.4 Å². The Morgan fingerprint density at radius 1 is 1.44 bits per heavy atom. The van der Waals surface area contributed by atoms with Crippen molar-refractivity contribution in [3.05, 3.63) is 0 Å². The van der Waals surface area contributed by atoms with Gasteiger partial charge in [-0.3, -0.25) is 14.5 Å². The van der Waals surface area contributed by atoms with Gasteiger partial charge in [0.15, 0.2) is 0 Å². The Bertz CT molecular complexity index is 299. The molecule has 2 amide bonds. The molecule has 0 bridgehead atoms. The van der Waals surface area contributed by atoms with Crippen LogP contribution in [0.25, 0.3) is 0 Å². The summed E-state index contributed by atoms with van der Waals surface area (Å²) < 4.78 is 0. The van der Waals surface area contributed by atoms with E-state index in [9.17, 15) is 9.59 Å². The number of rotatable bonds is 5. The molecule has 0 aromatic rings. The fraction of sp³-hybridized carbons (Fsp3) is 0.833. The van der Waals surface area contributed by atoms with Crippen molar-refractivity contribution in [2.45, 2.75) is 39.2 Å². The standard InChI is InChI=1S/C12H20N2O2/c1-3-14-11(15)6-10(12(14)16)13-7-8(2)9-4-5-9/h8-10,13H,3-7H2,1-2H3. The second kappa shape index (κ2) is 4.53. The first-order valence-corrected chi connectivity index (χ1v) is 6.21. The molecule has 1 aliphatic carbocycles. The van der Waals surface area contributed by atoms with Gasteiger partial charge in [0.2, 0.25) is 11.8 Å². The van der Waals surface area contributed by atoms with Crippen LogP contribution in [0.4, 0.5) is 0 Å². The van der Waals surface area contributed by atoms with Gasteiger partial charge in [-0.05, 0) is 38.1 Å². The first-order valence-electron chi connectivity index (χ1n) is 6.21. The number of carbonyl (C=O) groups is 2. The molecule has 2 fully saturated rings. The van der Waals surface area contributed by atoms with Gasteiger partial charge in [-0.25, -0.2) is 0 Å². The fourth-order valence-electron chi connectivity index (χ4n) is 2.33. The van der Waals surface area contributed by atoms with E-state index >= 15 is 0 Å². The highest BCUT2D eigenvalue weighted by Crippen LogP contribution is 2.36. The molecule has 16 heavy (non-hydrogen) atoms. The van der Waals surface area contributed by atoms with E-state index < -0.39 is 0 Å². The number of imide groups is 1. The van der Waals surface area contributed by atoms with Crippen molar-refractivity contribution in [3.8, 4) is 0 Å². The molecule has 4 heteroatoms. The molecule has 1 heterocycles. The quantitative estimate of drug-likeness (QED) is 0.702. The molecule has 2 aliphatic rings. The highest BCUT2D eigenvalue weighted by atomic mass is 16.2. The van der Waals surface area contributed by atoms with Gasteiger partial charge in [0, 0.05) is 6.54 Å². The first-order chi connectivity index (χ1) is 7.63. The summed E-state index contributed by atoms with van der Waals surface area (Å²) in [5, 5.41) is 3.24. The lowest BCUT2D eigenvalue weighted by molar-refractivity contribution is -0.138. The van der Waals surface area contributed by atoms with Crippen LogP contribution in [-0.4, -0.2) is 35.8 Å². The van der Waals surface area contributed by atoms with Gasteiger partial charge in [0.05, 0.1) is 12.5 Å². The second-order valence-corrected chi connectivity index (χ2v) is 4.96. The number of likely N-dealkylation sites (N-methyl/N-ethyl adjacent to an activating group) is 1. The van der Waals surface area contributed by atoms with Crippen LogP contribution in [0, 0.1) is 11.8 Å². The molecule has 90 valence electrons. The summed E-state index contributed by atoms with van der Waals surface area (Å²) >= 11 is 0. The van der Waals surface area contributed by atoms with Crippen LogP contribution >= 0.6 is 0 Å². The second-order valence-electron chi connectivity index (χ2n) is 4.96. The molecule has 2 unspecified atom stereocenters. The topological polar surface area (TPSA) is 49.4 Å². The van der Waals surface area contributed by atoms with E-state index in [0.29, 0.717) is 18.9 Å². The molecule has 2 rings (SSSR count). The van der Waals surface area contributed by atoms with Crippen LogP contribution in [0.1, 0.15) is 33.1 Å². The predicted molar refractivity (Wildman–Crippen MR) is 60.7 cm³/mol. The lowest BCUT2D eigenvalue weighted by Crippen LogP contribution is -2.40. The number of nitrogens with zero attached hydrogens (tertiary/aromatic N) is 1. The Morgan fingerprint density at radius 2 is 2.12 bits per heavy atom. The van der Waals surface area contributed by atoms with E-state index in [4.69, 9.17) is 0 Å². The van der Waals surface area contributed by atoms with Gasteiger partial charge in [-0.1, -0.05) is 6.92 Å². The smallest absolute Gasteiger partial charge is 0.246 e. The van der Waals surface area contributed by atoms with Crippen molar-refractivity contribution >= 4 is 11.8 Å². The van der Waals surface area contributed by atoms with Crippen molar-refractivity contribution in [1.82, 2.24) is 10.2 Å². The lowest BCUT2D eigenvalue weighted by atomic mass is 10.1. The highest BCUT2D eigenvalue weighted by Gasteiger charge is 2.38. The van der Waals surface area contributed by atoms with E-state index in [-0.39, 0.29) is 17.9 Å². The zero-order valence-electron chi connectivity index (χ0n) is 10.0. The maximum Gasteiger partial charge on any atom is 0.246 e. The third kappa shape index (κ3) is 2.26. The van der Waals surface area contributed by atoms with Crippen LogP contribution in [0.15, 0.2) is 0 Å². The van der Waals surface area contributed by atoms with Gasteiger partial charge < -0.3 is 5.32 Å². The first kappa shape index (κ1) is 11.6. The van der Waals surface area contributed by atoms with E-state index in [1.807, 2.05) is 6.92 Å². The maximum absolute atomic E-state index is 11.8. The molecule has 4 nitrogen and oxygen atoms in total. The molecule has 0 radical (unpaired) electrons. The molecule has 0 aromatic heterocycles. The predicted octanol–water partition coefficient (Wildman–Crippen LogP) is 0.769. The molecule has 2 atom stereocenters. The molecule has 0 aromatic carbocycles. The normalized spacial score (nSPS) is 27.6. The third-order valence-corrected chi connectivity index (χ3v) is 3.67. The van der Waals surface area contributed by atoms with Gasteiger partial charge in [0.25, 0.3) is 0 Å². The number of nitrogens with one attached hydrogen (secondary N) is 1. The van der Waals surface area contributed by atoms with Crippen LogP contribution < -0.4 is 5.32 Å². The number of likely N-dealkylation sites (tertiary alicyclic amines) is 1. The zero-order chi connectivity index (χ0) is 11.7. The molecule has 0 spiro atoms. The Morgan fingerprint density at radius 3 is 2.62 bits per heavy atom. The van der Waals surface area contributed by atoms with Crippen molar-refractivity contribution < 1.29 is 9.59 Å². The Balaban J connectivity index is 1.81. The van der Waals surface area contributed by atoms with Crippen molar-refractivity contribution in [3.63, 3.8) is 0 Å². The molecular weight excluding hydrogens is 204 g/mol. The largest absolute Gasteiger partial charge is 0.305 e. The molecule has 1 N–H and O–H groups in total. The van der Waals surface area contributed by atoms with Crippen LogP contribution in [0.3, 0.4) is 0 Å². The van der Waals surface area contributed by atoms with Gasteiger partial charge in [-0.15, -0.1) is 0 Å². The van der Waals surface area contributed by atoms with Crippen molar-refractivity contribution in [2.75, 3.05) is 13.1 Å². The zero-order valence-corrected chi connectivity index (χ0v) is 10.0. The highest BCUT2D eigenvalue weighted by molar-refractivity contribution is 6.05. The fourth-order valence-corrected chi connectivity index (χ4v) is 2.33. The van der Waals surface area contributed by atoms with E-state index in [1.165, 1.54) is 17.7 Å². The number of amides is 2. The third-order valence-electron chi connectivity index (χ3n) is 3.67. The van der Waals surface area contributed by atoms with Gasteiger partial charge >= 0.3 is 0 Å². The van der Waals surface area contributed by atoms with Crippen LogP contribution in [0.2, 0.25) is 0 Å². The number of hydrogen-bond donors (Lipinski definition) is 1. The van der Waals surface area contributed by atoms with E-state index in [1.54, 1.807) is 0 Å². The van der Waals surface area contributed by atoms with E-state index in [2.05, 4.69) is 12.2 Å². The van der Waals surface area contributed by atoms with Crippen LogP contribution in [-0.2, 0) is 9.59 Å². The minimum absolute atomic E-state index is 0.0379. The van der Waals surface area contributed by atoms with Gasteiger partial charge in [-0.2, -0.15) is 0 Å². The molecule has 1 saturated heterocycles. The summed E-state index contributed by atoms with van der Waals surface area (Å²) in [5.41, 5.74) is 0. The monoisotopic (exact) mass is 224 g/mol. The minimum Gasteiger partial charge on any atom is -0.305 e. The summed E-state index contributed by atoms with van der Waals surface area (Å²) in [6, 6.07) is -0.270. The van der Waals surface area contributed by atoms with Crippen molar-refractivity contribution in [2.24, 2.45) is 11.8 Å². The number of hydrogen-bond acceptors (Lipinski definition) is 3. The Hall–Kier alpha value is -0.900. The average Bonchev–Trinajstić information content (AvgIpc) is 3.04. The maximum atomic E-state index is 11.8. The molecular formula is C12H20N2O2. The molecule has 1 saturated carbocycles. The summed E-state index contributed by atoms with van der Waals surface area (Å²) in [6.45, 7) is 5.40. The van der Waals surface area contributed by atoms with E-state index in [0.717, 1.165) is 12.5 Å². The van der Waals surface area contributed by atoms with Crippen LogP contribution in [0.5, 0.6) is 0 Å². The van der Waals surface area contributed by atoms with Gasteiger partial charge in [0.1, 0.15) is 0 Å². The summed E-state index contributed by atoms with van der Waals surface area (Å²) in [6.07, 6.45) is 2.98. The summed E-state index contributed by atoms with van der Waals surface area (Å²) in [5.74, 6) is 1.38. The minimum atomic E-state index is -0.270.